The van der Waals surface area contributed by atoms with E-state index < -0.39 is 17.8 Å². The van der Waals surface area contributed by atoms with Gasteiger partial charge in [0.25, 0.3) is 0 Å². The molecule has 2 aliphatic rings. The summed E-state index contributed by atoms with van der Waals surface area (Å²) in [6, 6.07) is 5.56. The summed E-state index contributed by atoms with van der Waals surface area (Å²) in [6.07, 6.45) is -0.456. The summed E-state index contributed by atoms with van der Waals surface area (Å²) in [5, 5.41) is 10.3. The average Bonchev–Trinajstić information content (AvgIpc) is 3.29. The van der Waals surface area contributed by atoms with E-state index in [4.69, 9.17) is 0 Å². The molecule has 0 aliphatic heterocycles. The van der Waals surface area contributed by atoms with Gasteiger partial charge in [-0.3, -0.25) is 4.90 Å². The molecule has 2 saturated carbocycles. The fourth-order valence-electron chi connectivity index (χ4n) is 2.69. The number of halogens is 3. The molecule has 1 unspecified atom stereocenters. The van der Waals surface area contributed by atoms with Crippen LogP contribution in [-0.2, 0) is 6.18 Å². The minimum Gasteiger partial charge on any atom is -0.387 e. The van der Waals surface area contributed by atoms with E-state index in [1.54, 1.807) is 6.07 Å². The molecule has 1 aromatic carbocycles. The van der Waals surface area contributed by atoms with Gasteiger partial charge in [0.15, 0.2) is 0 Å². The first kappa shape index (κ1) is 14.9. The van der Waals surface area contributed by atoms with Crippen molar-refractivity contribution in [3.8, 4) is 0 Å². The molecule has 0 saturated heterocycles. The van der Waals surface area contributed by atoms with E-state index in [9.17, 15) is 18.3 Å². The van der Waals surface area contributed by atoms with Crippen molar-refractivity contribution in [3.05, 3.63) is 35.4 Å². The summed E-state index contributed by atoms with van der Waals surface area (Å²) < 4.78 is 38.2. The van der Waals surface area contributed by atoms with E-state index in [1.807, 2.05) is 0 Å². The maximum absolute atomic E-state index is 12.7. The Kier molecular flexibility index (Phi) is 3.97. The molecule has 0 bridgehead atoms. The lowest BCUT2D eigenvalue weighted by Crippen LogP contribution is -2.32. The van der Waals surface area contributed by atoms with Gasteiger partial charge in [-0.25, -0.2) is 0 Å². The zero-order chi connectivity index (χ0) is 15.0. The normalized spacial score (nSPS) is 20.8. The Balaban J connectivity index is 1.67. The lowest BCUT2D eigenvalue weighted by atomic mass is 10.0. The molecule has 2 aliphatic carbocycles. The number of alkyl halides is 3. The lowest BCUT2D eigenvalue weighted by Gasteiger charge is -2.25. The number of rotatable bonds is 6. The molecular weight excluding hydrogens is 279 g/mol. The van der Waals surface area contributed by atoms with Crippen molar-refractivity contribution in [3.63, 3.8) is 0 Å². The smallest absolute Gasteiger partial charge is 0.387 e. The largest absolute Gasteiger partial charge is 0.416 e. The predicted octanol–water partition coefficient (Wildman–Crippen LogP) is 3.61. The second-order valence-corrected chi connectivity index (χ2v) is 6.27. The highest BCUT2D eigenvalue weighted by atomic mass is 19.4. The molecule has 2 nitrogen and oxygen atoms in total. The van der Waals surface area contributed by atoms with Gasteiger partial charge in [0.05, 0.1) is 11.7 Å². The number of aliphatic hydroxyl groups is 1. The van der Waals surface area contributed by atoms with Crippen LogP contribution in [0.3, 0.4) is 0 Å². The first-order valence-corrected chi connectivity index (χ1v) is 7.53. The molecule has 0 amide bonds. The van der Waals surface area contributed by atoms with Crippen molar-refractivity contribution >= 4 is 0 Å². The second-order valence-electron chi connectivity index (χ2n) is 6.27. The third-order valence-electron chi connectivity index (χ3n) is 4.26. The lowest BCUT2D eigenvalue weighted by molar-refractivity contribution is -0.137. The van der Waals surface area contributed by atoms with E-state index in [1.165, 1.54) is 18.9 Å². The van der Waals surface area contributed by atoms with Crippen molar-refractivity contribution < 1.29 is 18.3 Å². The van der Waals surface area contributed by atoms with Crippen LogP contribution in [-0.4, -0.2) is 29.1 Å². The van der Waals surface area contributed by atoms with Gasteiger partial charge in [-0.15, -0.1) is 0 Å². The van der Waals surface area contributed by atoms with Gasteiger partial charge >= 0.3 is 6.18 Å². The topological polar surface area (TPSA) is 23.5 Å². The Labute approximate surface area is 122 Å². The van der Waals surface area contributed by atoms with Gasteiger partial charge in [-0.2, -0.15) is 13.2 Å². The van der Waals surface area contributed by atoms with E-state index in [2.05, 4.69) is 4.90 Å². The molecule has 1 aromatic rings. The molecular formula is C16H20F3NO. The van der Waals surface area contributed by atoms with Crippen LogP contribution in [0.25, 0.3) is 0 Å². The standard InChI is InChI=1S/C16H20F3NO/c17-16(18,19)13-3-1-2-12(8-13)15(21)10-20(14-6-7-14)9-11-4-5-11/h1-3,8,11,14-15,21H,4-7,9-10H2. The Bertz CT molecular complexity index is 495. The Hall–Kier alpha value is -1.07. The Morgan fingerprint density at radius 3 is 2.48 bits per heavy atom. The van der Waals surface area contributed by atoms with Crippen LogP contribution in [0.4, 0.5) is 13.2 Å². The second kappa shape index (κ2) is 5.61. The number of hydrogen-bond acceptors (Lipinski definition) is 2. The first-order valence-electron chi connectivity index (χ1n) is 7.53. The summed E-state index contributed by atoms with van der Waals surface area (Å²) >= 11 is 0. The molecule has 0 spiro atoms. The summed E-state index contributed by atoms with van der Waals surface area (Å²) in [7, 11) is 0. The summed E-state index contributed by atoms with van der Waals surface area (Å²) in [5.41, 5.74) is -0.342. The molecule has 2 fully saturated rings. The zero-order valence-electron chi connectivity index (χ0n) is 11.8. The highest BCUT2D eigenvalue weighted by Crippen LogP contribution is 2.36. The Morgan fingerprint density at radius 1 is 1.19 bits per heavy atom. The minimum absolute atomic E-state index is 0.353. The van der Waals surface area contributed by atoms with Gasteiger partial charge < -0.3 is 5.11 Å². The van der Waals surface area contributed by atoms with Crippen LogP contribution >= 0.6 is 0 Å². The third kappa shape index (κ3) is 3.98. The number of hydrogen-bond donors (Lipinski definition) is 1. The van der Waals surface area contributed by atoms with Crippen molar-refractivity contribution in [2.24, 2.45) is 5.92 Å². The van der Waals surface area contributed by atoms with E-state index in [0.29, 0.717) is 18.2 Å². The van der Waals surface area contributed by atoms with Crippen molar-refractivity contribution in [1.82, 2.24) is 4.90 Å². The first-order chi connectivity index (χ1) is 9.93. The van der Waals surface area contributed by atoms with Crippen molar-refractivity contribution in [1.29, 1.82) is 0 Å². The van der Waals surface area contributed by atoms with Gasteiger partial charge in [0, 0.05) is 19.1 Å². The highest BCUT2D eigenvalue weighted by Gasteiger charge is 2.35. The number of nitrogens with zero attached hydrogens (tertiary/aromatic N) is 1. The van der Waals surface area contributed by atoms with Crippen LogP contribution in [0.2, 0.25) is 0 Å². The average molecular weight is 299 g/mol. The molecule has 0 heterocycles. The summed E-state index contributed by atoms with van der Waals surface area (Å²) in [4.78, 5) is 2.25. The molecule has 1 atom stereocenters. The predicted molar refractivity (Wildman–Crippen MR) is 73.7 cm³/mol. The molecule has 3 rings (SSSR count). The molecule has 1 N–H and O–H groups in total. The highest BCUT2D eigenvalue weighted by molar-refractivity contribution is 5.27. The maximum atomic E-state index is 12.7. The molecule has 21 heavy (non-hydrogen) atoms. The number of benzene rings is 1. The van der Waals surface area contributed by atoms with Crippen molar-refractivity contribution in [2.45, 2.75) is 44.0 Å². The van der Waals surface area contributed by atoms with E-state index in [-0.39, 0.29) is 0 Å². The van der Waals surface area contributed by atoms with Gasteiger partial charge in [-0.05, 0) is 49.3 Å². The van der Waals surface area contributed by atoms with Crippen molar-refractivity contribution in [2.75, 3.05) is 13.1 Å². The summed E-state index contributed by atoms with van der Waals surface area (Å²) in [5.74, 6) is 0.722. The fraction of sp³-hybridized carbons (Fsp3) is 0.625. The number of aliphatic hydroxyl groups excluding tert-OH is 1. The zero-order valence-corrected chi connectivity index (χ0v) is 11.8. The monoisotopic (exact) mass is 299 g/mol. The minimum atomic E-state index is -4.36. The Morgan fingerprint density at radius 2 is 1.90 bits per heavy atom. The molecule has 0 aromatic heterocycles. The van der Waals surface area contributed by atoms with Gasteiger partial charge in [0.2, 0.25) is 0 Å². The fourth-order valence-corrected chi connectivity index (χ4v) is 2.69. The van der Waals surface area contributed by atoms with Gasteiger partial charge in [0.1, 0.15) is 0 Å². The van der Waals surface area contributed by atoms with Crippen LogP contribution in [0.1, 0.15) is 42.9 Å². The third-order valence-corrected chi connectivity index (χ3v) is 4.26. The van der Waals surface area contributed by atoms with Crippen LogP contribution in [0.5, 0.6) is 0 Å². The maximum Gasteiger partial charge on any atom is 0.416 e. The van der Waals surface area contributed by atoms with E-state index >= 15 is 0 Å². The quantitative estimate of drug-likeness (QED) is 0.867. The molecule has 5 heteroatoms. The van der Waals surface area contributed by atoms with Crippen LogP contribution in [0.15, 0.2) is 24.3 Å². The SMILES string of the molecule is OC(CN(CC1CC1)C1CC1)c1cccc(C(F)(F)F)c1. The van der Waals surface area contributed by atoms with E-state index in [0.717, 1.165) is 37.4 Å². The van der Waals surface area contributed by atoms with Crippen LogP contribution in [0, 0.1) is 5.92 Å². The molecule has 116 valence electrons. The van der Waals surface area contributed by atoms with Crippen LogP contribution < -0.4 is 0 Å². The van der Waals surface area contributed by atoms with Gasteiger partial charge in [-0.1, -0.05) is 12.1 Å². The summed E-state index contributed by atoms with van der Waals surface area (Å²) in [6.45, 7) is 1.41. The molecule has 0 radical (unpaired) electrons.